The van der Waals surface area contributed by atoms with Gasteiger partial charge in [-0.05, 0) is 12.6 Å². The summed E-state index contributed by atoms with van der Waals surface area (Å²) in [5, 5.41) is 13.8. The fraction of sp³-hybridized carbons (Fsp3) is 0.308. The largest absolute Gasteiger partial charge is 0.504 e. The number of likely N-dealkylation sites (N-methyl/N-ethyl adjacent to an activating group) is 2. The van der Waals surface area contributed by atoms with Gasteiger partial charge in [-0.15, -0.1) is 0 Å². The lowest BCUT2D eigenvalue weighted by Crippen LogP contribution is -2.36. The number of halogens is 2. The molecule has 0 saturated heterocycles. The van der Waals surface area contributed by atoms with Crippen molar-refractivity contribution in [2.75, 3.05) is 20.1 Å². The van der Waals surface area contributed by atoms with Crippen LogP contribution in [-0.4, -0.2) is 36.0 Å². The van der Waals surface area contributed by atoms with Crippen LogP contribution < -0.4 is 5.32 Å². The fourth-order valence-corrected chi connectivity index (χ4v) is 2.46. The third-order valence-electron chi connectivity index (χ3n) is 3.03. The molecule has 0 bridgehead atoms. The van der Waals surface area contributed by atoms with Crippen LogP contribution in [0.25, 0.3) is 5.70 Å². The number of hydrogen-bond acceptors (Lipinski definition) is 4. The van der Waals surface area contributed by atoms with E-state index < -0.39 is 0 Å². The van der Waals surface area contributed by atoms with E-state index in [0.717, 1.165) is 12.4 Å². The second-order valence-electron chi connectivity index (χ2n) is 4.23. The van der Waals surface area contributed by atoms with Crippen LogP contribution in [0.2, 0.25) is 10.0 Å². The second-order valence-corrected chi connectivity index (χ2v) is 5.04. The van der Waals surface area contributed by atoms with Crippen LogP contribution in [0.15, 0.2) is 17.6 Å². The Morgan fingerprint density at radius 1 is 1.42 bits per heavy atom. The molecule has 2 N–H and O–H groups in total. The molecule has 1 aromatic rings. The first-order valence-corrected chi connectivity index (χ1v) is 6.65. The van der Waals surface area contributed by atoms with Crippen LogP contribution >= 0.6 is 23.2 Å². The van der Waals surface area contributed by atoms with E-state index in [-0.39, 0.29) is 10.8 Å². The standard InChI is InChI=1S/C13H15Cl2N3O/c1-4-16-6-10-17-12-11(7(2)18(10)3)8(14)5-9(15)13(12)19/h5,16,19H,2,4,6H2,1,3H3. The van der Waals surface area contributed by atoms with Gasteiger partial charge in [0.25, 0.3) is 0 Å². The topological polar surface area (TPSA) is 47.9 Å². The maximum atomic E-state index is 10.0. The molecule has 1 aliphatic heterocycles. The van der Waals surface area contributed by atoms with Crippen molar-refractivity contribution < 1.29 is 5.11 Å². The highest BCUT2D eigenvalue weighted by Crippen LogP contribution is 2.46. The average molecular weight is 300 g/mol. The average Bonchev–Trinajstić information content (AvgIpc) is 2.37. The van der Waals surface area contributed by atoms with Gasteiger partial charge in [-0.3, -0.25) is 0 Å². The highest BCUT2D eigenvalue weighted by Gasteiger charge is 2.26. The van der Waals surface area contributed by atoms with Crippen LogP contribution in [0.4, 0.5) is 5.69 Å². The number of rotatable bonds is 3. The summed E-state index contributed by atoms with van der Waals surface area (Å²) in [5.74, 6) is 0.692. The Hall–Kier alpha value is -1.23. The number of amidine groups is 1. The molecule has 0 radical (unpaired) electrons. The summed E-state index contributed by atoms with van der Waals surface area (Å²) in [6.07, 6.45) is 0. The molecule has 0 spiro atoms. The summed E-state index contributed by atoms with van der Waals surface area (Å²) in [4.78, 5) is 6.29. The zero-order valence-corrected chi connectivity index (χ0v) is 12.3. The first-order chi connectivity index (χ1) is 8.97. The van der Waals surface area contributed by atoms with Crippen LogP contribution in [0, 0.1) is 0 Å². The zero-order valence-electron chi connectivity index (χ0n) is 10.8. The molecular weight excluding hydrogens is 285 g/mol. The summed E-state index contributed by atoms with van der Waals surface area (Å²) >= 11 is 12.1. The minimum Gasteiger partial charge on any atom is -0.504 e. The van der Waals surface area contributed by atoms with E-state index in [0.29, 0.717) is 28.5 Å². The molecule has 0 fully saturated rings. The number of nitrogens with one attached hydrogen (secondary N) is 1. The van der Waals surface area contributed by atoms with E-state index in [1.54, 1.807) is 0 Å². The van der Waals surface area contributed by atoms with E-state index in [9.17, 15) is 5.11 Å². The monoisotopic (exact) mass is 299 g/mol. The molecule has 1 aromatic carbocycles. The second kappa shape index (κ2) is 5.41. The number of aliphatic imine (C=N–C) groups is 1. The highest BCUT2D eigenvalue weighted by atomic mass is 35.5. The van der Waals surface area contributed by atoms with Crippen LogP contribution in [0.1, 0.15) is 12.5 Å². The van der Waals surface area contributed by atoms with Crippen molar-refractivity contribution in [2.24, 2.45) is 4.99 Å². The maximum Gasteiger partial charge on any atom is 0.160 e. The molecule has 102 valence electrons. The molecule has 2 rings (SSSR count). The normalized spacial score (nSPS) is 14.4. The third-order valence-corrected chi connectivity index (χ3v) is 3.62. The van der Waals surface area contributed by atoms with Crippen molar-refractivity contribution in [1.29, 1.82) is 0 Å². The molecule has 19 heavy (non-hydrogen) atoms. The Kier molecular flexibility index (Phi) is 4.04. The van der Waals surface area contributed by atoms with Gasteiger partial charge in [0.2, 0.25) is 0 Å². The Morgan fingerprint density at radius 2 is 2.11 bits per heavy atom. The van der Waals surface area contributed by atoms with Gasteiger partial charge in [-0.25, -0.2) is 4.99 Å². The van der Waals surface area contributed by atoms with Gasteiger partial charge in [-0.2, -0.15) is 0 Å². The number of benzene rings is 1. The van der Waals surface area contributed by atoms with Crippen LogP contribution in [-0.2, 0) is 0 Å². The Labute approximate surface area is 122 Å². The van der Waals surface area contributed by atoms with Gasteiger partial charge in [0.1, 0.15) is 11.5 Å². The first-order valence-electron chi connectivity index (χ1n) is 5.89. The quantitative estimate of drug-likeness (QED) is 0.901. The molecule has 0 atom stereocenters. The molecule has 1 heterocycles. The minimum atomic E-state index is -0.0654. The SMILES string of the molecule is C=C1c2c(Cl)cc(Cl)c(O)c2N=C(CNCC)N1C. The number of nitrogens with zero attached hydrogens (tertiary/aromatic N) is 2. The zero-order chi connectivity index (χ0) is 14.2. The molecule has 0 saturated carbocycles. The van der Waals surface area contributed by atoms with Gasteiger partial charge < -0.3 is 15.3 Å². The number of phenolic OH excluding ortho intramolecular Hbond substituents is 1. The lowest BCUT2D eigenvalue weighted by atomic mass is 10.1. The predicted octanol–water partition coefficient (Wildman–Crippen LogP) is 3.25. The number of fused-ring (bicyclic) bond motifs is 1. The number of hydrogen-bond donors (Lipinski definition) is 2. The summed E-state index contributed by atoms with van der Waals surface area (Å²) in [7, 11) is 1.86. The summed E-state index contributed by atoms with van der Waals surface area (Å²) in [5.41, 5.74) is 1.69. The van der Waals surface area contributed by atoms with Crippen molar-refractivity contribution in [3.05, 3.63) is 28.3 Å². The van der Waals surface area contributed by atoms with Gasteiger partial charge in [0.15, 0.2) is 5.75 Å². The summed E-state index contributed by atoms with van der Waals surface area (Å²) in [6.45, 7) is 7.42. The number of aromatic hydroxyl groups is 1. The molecule has 0 aliphatic carbocycles. The van der Waals surface area contributed by atoms with E-state index in [1.165, 1.54) is 6.07 Å². The van der Waals surface area contributed by atoms with E-state index in [1.807, 2.05) is 18.9 Å². The Balaban J connectivity index is 2.58. The van der Waals surface area contributed by atoms with E-state index in [2.05, 4.69) is 16.9 Å². The van der Waals surface area contributed by atoms with Crippen molar-refractivity contribution in [1.82, 2.24) is 10.2 Å². The van der Waals surface area contributed by atoms with Crippen molar-refractivity contribution in [3.8, 4) is 5.75 Å². The summed E-state index contributed by atoms with van der Waals surface area (Å²) < 4.78 is 0. The van der Waals surface area contributed by atoms with Crippen LogP contribution in [0.3, 0.4) is 0 Å². The summed E-state index contributed by atoms with van der Waals surface area (Å²) in [6, 6.07) is 1.50. The molecule has 0 aromatic heterocycles. The molecule has 0 unspecified atom stereocenters. The van der Waals surface area contributed by atoms with Gasteiger partial charge in [-0.1, -0.05) is 36.7 Å². The molecule has 0 amide bonds. The highest BCUT2D eigenvalue weighted by molar-refractivity contribution is 6.37. The lowest BCUT2D eigenvalue weighted by Gasteiger charge is -2.30. The van der Waals surface area contributed by atoms with Gasteiger partial charge in [0, 0.05) is 18.3 Å². The molecular formula is C13H15Cl2N3O. The van der Waals surface area contributed by atoms with Gasteiger partial charge in [0.05, 0.1) is 16.6 Å². The molecule has 6 heteroatoms. The van der Waals surface area contributed by atoms with Crippen molar-refractivity contribution >= 4 is 40.4 Å². The molecule has 4 nitrogen and oxygen atoms in total. The van der Waals surface area contributed by atoms with E-state index in [4.69, 9.17) is 23.2 Å². The lowest BCUT2D eigenvalue weighted by molar-refractivity contribution is 0.476. The van der Waals surface area contributed by atoms with Crippen LogP contribution in [0.5, 0.6) is 5.75 Å². The first kappa shape index (κ1) is 14.2. The van der Waals surface area contributed by atoms with Crippen molar-refractivity contribution in [3.63, 3.8) is 0 Å². The smallest absolute Gasteiger partial charge is 0.160 e. The van der Waals surface area contributed by atoms with Crippen molar-refractivity contribution in [2.45, 2.75) is 6.92 Å². The predicted molar refractivity (Wildman–Crippen MR) is 80.6 cm³/mol. The molecule has 1 aliphatic rings. The number of phenols is 1. The maximum absolute atomic E-state index is 10.0. The Morgan fingerprint density at radius 3 is 2.74 bits per heavy atom. The minimum absolute atomic E-state index is 0.0654. The van der Waals surface area contributed by atoms with Gasteiger partial charge >= 0.3 is 0 Å². The fourth-order valence-electron chi connectivity index (χ4n) is 1.90. The Bertz CT molecular complexity index is 569. The van der Waals surface area contributed by atoms with E-state index >= 15 is 0 Å². The third kappa shape index (κ3) is 2.43.